The van der Waals surface area contributed by atoms with Crippen molar-refractivity contribution in [3.8, 4) is 0 Å². The smallest absolute Gasteiger partial charge is 0.290 e. The van der Waals surface area contributed by atoms with Crippen LogP contribution >= 0.6 is 11.3 Å². The average molecular weight is 404 g/mol. The lowest BCUT2D eigenvalue weighted by Gasteiger charge is -2.27. The molecule has 148 valence electrons. The van der Waals surface area contributed by atoms with Gasteiger partial charge in [0.15, 0.2) is 5.76 Å². The van der Waals surface area contributed by atoms with Gasteiger partial charge in [0, 0.05) is 5.56 Å². The first-order valence-corrected chi connectivity index (χ1v) is 9.80. The van der Waals surface area contributed by atoms with Crippen LogP contribution in [-0.4, -0.2) is 53.9 Å². The molecule has 2 N–H and O–H groups in total. The van der Waals surface area contributed by atoms with Crippen molar-refractivity contribution < 1.29 is 24.0 Å². The van der Waals surface area contributed by atoms with Crippen LogP contribution in [0, 0.1) is 19.7 Å². The van der Waals surface area contributed by atoms with Crippen LogP contribution in [0.25, 0.3) is 0 Å². The maximum Gasteiger partial charge on any atom is 0.290 e. The Morgan fingerprint density at radius 1 is 1.32 bits per heavy atom. The highest BCUT2D eigenvalue weighted by atomic mass is 32.1. The van der Waals surface area contributed by atoms with Gasteiger partial charge in [-0.15, -0.1) is 11.3 Å². The second-order valence-corrected chi connectivity index (χ2v) is 8.32. The number of benzene rings is 1. The first-order valence-electron chi connectivity index (χ1n) is 8.98. The lowest BCUT2D eigenvalue weighted by atomic mass is 9.94. The normalized spacial score (nSPS) is 17.1. The number of carbonyl (C=O) groups excluding carboxylic acids is 2. The molecule has 0 saturated carbocycles. The van der Waals surface area contributed by atoms with Crippen LogP contribution in [-0.2, 0) is 4.79 Å². The van der Waals surface area contributed by atoms with Crippen molar-refractivity contribution in [1.82, 2.24) is 9.88 Å². The van der Waals surface area contributed by atoms with E-state index in [1.807, 2.05) is 14.1 Å². The predicted octanol–water partition coefficient (Wildman–Crippen LogP) is 1.62. The van der Waals surface area contributed by atoms with Gasteiger partial charge >= 0.3 is 0 Å². The van der Waals surface area contributed by atoms with E-state index in [4.69, 9.17) is 0 Å². The molecular weight excluding hydrogens is 381 g/mol. The first kappa shape index (κ1) is 20.2. The van der Waals surface area contributed by atoms with E-state index >= 15 is 0 Å². The molecule has 0 fully saturated rings. The van der Waals surface area contributed by atoms with E-state index in [1.54, 1.807) is 32.0 Å². The third-order valence-electron chi connectivity index (χ3n) is 4.71. The van der Waals surface area contributed by atoms with E-state index in [1.165, 1.54) is 22.3 Å². The van der Waals surface area contributed by atoms with E-state index in [9.17, 15) is 19.1 Å². The third-order valence-corrected chi connectivity index (χ3v) is 5.78. The monoisotopic (exact) mass is 404 g/mol. The fraction of sp³-hybridized carbons (Fsp3) is 0.350. The highest BCUT2D eigenvalue weighted by Gasteiger charge is 2.45. The van der Waals surface area contributed by atoms with Crippen molar-refractivity contribution >= 4 is 23.0 Å². The van der Waals surface area contributed by atoms with Crippen molar-refractivity contribution in [3.63, 3.8) is 0 Å². The van der Waals surface area contributed by atoms with Crippen LogP contribution < -0.4 is 4.90 Å². The summed E-state index contributed by atoms with van der Waals surface area (Å²) in [5, 5.41) is 11.3. The van der Waals surface area contributed by atoms with E-state index in [-0.39, 0.29) is 17.7 Å². The molecule has 1 amide bonds. The van der Waals surface area contributed by atoms with E-state index in [2.05, 4.69) is 4.98 Å². The maximum atomic E-state index is 14.6. The zero-order chi connectivity index (χ0) is 20.6. The molecular formula is C20H23FN3O3S+. The molecule has 0 spiro atoms. The zero-order valence-electron chi connectivity index (χ0n) is 16.2. The number of halogens is 1. The molecule has 1 aromatic heterocycles. The summed E-state index contributed by atoms with van der Waals surface area (Å²) in [4.78, 5) is 33.1. The standard InChI is InChI=1S/C20H22FN3O3S/c1-11-19(28-12(2)22-11)17(25)15-16(13-7-5-6-8-14(13)21)24(10-9-23(3)4)20(27)18(15)26/h5-8,16,26H,9-10H2,1-4H3/p+1/t16-/m0/s1. The zero-order valence-corrected chi connectivity index (χ0v) is 17.1. The minimum absolute atomic E-state index is 0.0874. The highest BCUT2D eigenvalue weighted by molar-refractivity contribution is 7.14. The van der Waals surface area contributed by atoms with Crippen LogP contribution in [0.5, 0.6) is 0 Å². The maximum absolute atomic E-state index is 14.6. The molecule has 0 bridgehead atoms. The number of aromatic nitrogens is 1. The number of hydrogen-bond donors (Lipinski definition) is 2. The van der Waals surface area contributed by atoms with Crippen LogP contribution in [0.2, 0.25) is 0 Å². The number of aryl methyl sites for hydroxylation is 2. The second kappa shape index (κ2) is 7.81. The lowest BCUT2D eigenvalue weighted by Crippen LogP contribution is -3.06. The van der Waals surface area contributed by atoms with E-state index in [0.717, 1.165) is 4.90 Å². The van der Waals surface area contributed by atoms with Gasteiger partial charge in [-0.25, -0.2) is 9.37 Å². The fourth-order valence-corrected chi connectivity index (χ4v) is 4.22. The summed E-state index contributed by atoms with van der Waals surface area (Å²) in [5.74, 6) is -2.28. The minimum atomic E-state index is -0.970. The van der Waals surface area contributed by atoms with Crippen molar-refractivity contribution in [2.75, 3.05) is 27.2 Å². The average Bonchev–Trinajstić information content (AvgIpc) is 3.10. The number of hydrogen-bond acceptors (Lipinski definition) is 5. The lowest BCUT2D eigenvalue weighted by molar-refractivity contribution is -0.857. The molecule has 0 saturated heterocycles. The molecule has 1 atom stereocenters. The van der Waals surface area contributed by atoms with Crippen LogP contribution in [0.4, 0.5) is 4.39 Å². The number of nitrogens with one attached hydrogen (secondary N) is 1. The Kier molecular flexibility index (Phi) is 5.62. The highest BCUT2D eigenvalue weighted by Crippen LogP contribution is 2.40. The summed E-state index contributed by atoms with van der Waals surface area (Å²) >= 11 is 1.20. The summed E-state index contributed by atoms with van der Waals surface area (Å²) in [7, 11) is 3.86. The first-order chi connectivity index (χ1) is 13.2. The van der Waals surface area contributed by atoms with Gasteiger partial charge in [-0.3, -0.25) is 9.59 Å². The van der Waals surface area contributed by atoms with Gasteiger partial charge in [-0.1, -0.05) is 18.2 Å². The summed E-state index contributed by atoms with van der Waals surface area (Å²) in [5.41, 5.74) is 0.634. The third kappa shape index (κ3) is 3.57. The Labute approximate surface area is 166 Å². The van der Waals surface area contributed by atoms with E-state index in [0.29, 0.717) is 22.1 Å². The van der Waals surface area contributed by atoms with Gasteiger partial charge < -0.3 is 14.9 Å². The summed E-state index contributed by atoms with van der Waals surface area (Å²) in [6, 6.07) is 5.06. The van der Waals surface area contributed by atoms with Gasteiger partial charge in [0.25, 0.3) is 5.91 Å². The van der Waals surface area contributed by atoms with Crippen LogP contribution in [0.15, 0.2) is 35.6 Å². The topological polar surface area (TPSA) is 74.9 Å². The Bertz CT molecular complexity index is 967. The predicted molar refractivity (Wildman–Crippen MR) is 104 cm³/mol. The van der Waals surface area contributed by atoms with Gasteiger partial charge in [0.05, 0.1) is 54.4 Å². The molecule has 3 rings (SSSR count). The van der Waals surface area contributed by atoms with Crippen LogP contribution in [0.1, 0.15) is 32.0 Å². The minimum Gasteiger partial charge on any atom is -0.503 e. The molecule has 0 radical (unpaired) electrons. The van der Waals surface area contributed by atoms with Crippen molar-refractivity contribution in [3.05, 3.63) is 62.6 Å². The number of carbonyl (C=O) groups is 2. The molecule has 1 aliphatic heterocycles. The number of nitrogens with zero attached hydrogens (tertiary/aromatic N) is 2. The SMILES string of the molecule is Cc1nc(C)c(C(=O)C2=C(O)C(=O)N(CC[NH+](C)C)[C@H]2c2ccccc2F)s1. The number of amides is 1. The molecule has 1 aromatic carbocycles. The molecule has 2 aromatic rings. The van der Waals surface area contributed by atoms with Crippen molar-refractivity contribution in [1.29, 1.82) is 0 Å². The molecule has 6 nitrogen and oxygen atoms in total. The summed E-state index contributed by atoms with van der Waals surface area (Å²) in [6.07, 6.45) is 0. The Hall–Kier alpha value is -2.58. The fourth-order valence-electron chi connectivity index (χ4n) is 3.34. The Morgan fingerprint density at radius 3 is 2.57 bits per heavy atom. The Morgan fingerprint density at radius 2 is 2.00 bits per heavy atom. The van der Waals surface area contributed by atoms with Gasteiger partial charge in [0.2, 0.25) is 5.78 Å². The van der Waals surface area contributed by atoms with Crippen LogP contribution in [0.3, 0.4) is 0 Å². The van der Waals surface area contributed by atoms with Crippen molar-refractivity contribution in [2.45, 2.75) is 19.9 Å². The quantitative estimate of drug-likeness (QED) is 0.718. The molecule has 2 heterocycles. The van der Waals surface area contributed by atoms with Crippen molar-refractivity contribution in [2.24, 2.45) is 0 Å². The van der Waals surface area contributed by atoms with Gasteiger partial charge in [0.1, 0.15) is 5.82 Å². The molecule has 0 unspecified atom stereocenters. The van der Waals surface area contributed by atoms with Gasteiger partial charge in [-0.2, -0.15) is 0 Å². The van der Waals surface area contributed by atoms with Gasteiger partial charge in [-0.05, 0) is 19.9 Å². The number of Topliss-reactive ketones (excluding diaryl/α,β-unsaturated/α-hetero) is 1. The number of aliphatic hydroxyl groups excluding tert-OH is 1. The molecule has 0 aliphatic carbocycles. The molecule has 28 heavy (non-hydrogen) atoms. The Balaban J connectivity index is 2.12. The number of thiazole rings is 1. The summed E-state index contributed by atoms with van der Waals surface area (Å²) in [6.45, 7) is 4.35. The molecule has 8 heteroatoms. The number of quaternary nitrogens is 1. The largest absolute Gasteiger partial charge is 0.503 e. The summed E-state index contributed by atoms with van der Waals surface area (Å²) < 4.78 is 14.6. The number of rotatable bonds is 6. The second-order valence-electron chi connectivity index (χ2n) is 7.12. The molecule has 1 aliphatic rings. The number of ketones is 1. The number of aliphatic hydroxyl groups is 1. The number of likely N-dealkylation sites (N-methyl/N-ethyl adjacent to an activating group) is 1. The van der Waals surface area contributed by atoms with E-state index < -0.39 is 29.3 Å².